The van der Waals surface area contributed by atoms with Crippen LogP contribution in [0, 0.1) is 16.7 Å². The standard InChI is InChI=1S/C13H16N2OS/c1-15(8-5-11-4-2-9-17-11)12(16)13(10-14)6-3-7-13/h2,4,9H,3,5-8H2,1H3. The van der Waals surface area contributed by atoms with Gasteiger partial charge >= 0.3 is 0 Å². The Morgan fingerprint density at radius 2 is 2.41 bits per heavy atom. The molecule has 1 aromatic heterocycles. The van der Waals surface area contributed by atoms with E-state index in [-0.39, 0.29) is 5.91 Å². The molecule has 0 atom stereocenters. The van der Waals surface area contributed by atoms with Gasteiger partial charge in [-0.25, -0.2) is 0 Å². The summed E-state index contributed by atoms with van der Waals surface area (Å²) < 4.78 is 0. The Kier molecular flexibility index (Phi) is 3.49. The number of hydrogen-bond donors (Lipinski definition) is 0. The summed E-state index contributed by atoms with van der Waals surface area (Å²) in [5.74, 6) is 0.00260. The molecule has 0 aliphatic heterocycles. The molecule has 1 amide bonds. The Balaban J connectivity index is 1.90. The van der Waals surface area contributed by atoms with E-state index >= 15 is 0 Å². The molecule has 4 heteroatoms. The van der Waals surface area contributed by atoms with Gasteiger partial charge in [0.2, 0.25) is 5.91 Å². The minimum absolute atomic E-state index is 0.00260. The molecule has 1 saturated carbocycles. The molecule has 1 aliphatic rings. The molecule has 3 nitrogen and oxygen atoms in total. The predicted molar refractivity (Wildman–Crippen MR) is 67.6 cm³/mol. The number of thiophene rings is 1. The van der Waals surface area contributed by atoms with Gasteiger partial charge in [-0.15, -0.1) is 11.3 Å². The van der Waals surface area contributed by atoms with E-state index in [2.05, 4.69) is 12.1 Å². The normalized spacial score (nSPS) is 16.9. The Bertz CT molecular complexity index is 429. The number of hydrogen-bond acceptors (Lipinski definition) is 3. The van der Waals surface area contributed by atoms with Crippen LogP contribution in [0.15, 0.2) is 17.5 Å². The van der Waals surface area contributed by atoms with E-state index < -0.39 is 5.41 Å². The molecule has 1 aromatic rings. The Hall–Kier alpha value is -1.34. The number of nitriles is 1. The van der Waals surface area contributed by atoms with Crippen LogP contribution in [0.3, 0.4) is 0 Å². The summed E-state index contributed by atoms with van der Waals surface area (Å²) >= 11 is 1.71. The Morgan fingerprint density at radius 3 is 2.88 bits per heavy atom. The van der Waals surface area contributed by atoms with Gasteiger partial charge in [0.1, 0.15) is 5.41 Å². The second kappa shape index (κ2) is 4.89. The van der Waals surface area contributed by atoms with Gasteiger partial charge in [0, 0.05) is 18.5 Å². The van der Waals surface area contributed by atoms with Crippen molar-refractivity contribution in [1.82, 2.24) is 4.90 Å². The largest absolute Gasteiger partial charge is 0.344 e. The van der Waals surface area contributed by atoms with E-state index in [9.17, 15) is 4.79 Å². The van der Waals surface area contributed by atoms with Crippen LogP contribution in [0.4, 0.5) is 0 Å². The van der Waals surface area contributed by atoms with E-state index in [4.69, 9.17) is 5.26 Å². The monoisotopic (exact) mass is 248 g/mol. The van der Waals surface area contributed by atoms with Crippen molar-refractivity contribution in [3.05, 3.63) is 22.4 Å². The number of carbonyl (C=O) groups is 1. The van der Waals surface area contributed by atoms with Crippen molar-refractivity contribution in [3.63, 3.8) is 0 Å². The lowest BCUT2D eigenvalue weighted by Gasteiger charge is -2.36. The van der Waals surface area contributed by atoms with Crippen molar-refractivity contribution < 1.29 is 4.79 Å². The molecular formula is C13H16N2OS. The number of likely N-dealkylation sites (N-methyl/N-ethyl adjacent to an activating group) is 1. The molecule has 0 saturated heterocycles. The van der Waals surface area contributed by atoms with Crippen LogP contribution in [0.25, 0.3) is 0 Å². The topological polar surface area (TPSA) is 44.1 Å². The molecule has 1 heterocycles. The highest BCUT2D eigenvalue weighted by molar-refractivity contribution is 7.09. The lowest BCUT2D eigenvalue weighted by molar-refractivity contribution is -0.141. The molecule has 0 bridgehead atoms. The van der Waals surface area contributed by atoms with Gasteiger partial charge in [-0.1, -0.05) is 6.07 Å². The first kappa shape index (κ1) is 12.1. The summed E-state index contributed by atoms with van der Waals surface area (Å²) in [6, 6.07) is 6.29. The van der Waals surface area contributed by atoms with Crippen molar-refractivity contribution in [2.24, 2.45) is 5.41 Å². The first-order valence-corrected chi connectivity index (χ1v) is 6.75. The van der Waals surface area contributed by atoms with Crippen LogP contribution in [-0.4, -0.2) is 24.4 Å². The highest BCUT2D eigenvalue weighted by atomic mass is 32.1. The van der Waals surface area contributed by atoms with Gasteiger partial charge in [0.25, 0.3) is 0 Å². The third-order valence-corrected chi connectivity index (χ3v) is 4.39. The smallest absolute Gasteiger partial charge is 0.242 e. The summed E-state index contributed by atoms with van der Waals surface area (Å²) in [5.41, 5.74) is -0.704. The van der Waals surface area contributed by atoms with Crippen molar-refractivity contribution in [3.8, 4) is 6.07 Å². The van der Waals surface area contributed by atoms with Gasteiger partial charge in [0.05, 0.1) is 6.07 Å². The maximum atomic E-state index is 12.1. The quantitative estimate of drug-likeness (QED) is 0.821. The first-order valence-electron chi connectivity index (χ1n) is 5.87. The first-order chi connectivity index (χ1) is 8.18. The van der Waals surface area contributed by atoms with Crippen LogP contribution in [-0.2, 0) is 11.2 Å². The molecule has 2 rings (SSSR count). The maximum absolute atomic E-state index is 12.1. The number of carbonyl (C=O) groups excluding carboxylic acids is 1. The fourth-order valence-corrected chi connectivity index (χ4v) is 2.80. The van der Waals surface area contributed by atoms with Crippen molar-refractivity contribution in [1.29, 1.82) is 5.26 Å². The van der Waals surface area contributed by atoms with Gasteiger partial charge in [-0.2, -0.15) is 5.26 Å². The number of rotatable bonds is 4. The molecule has 0 unspecified atom stereocenters. The fourth-order valence-electron chi connectivity index (χ4n) is 2.10. The summed E-state index contributed by atoms with van der Waals surface area (Å²) in [4.78, 5) is 15.1. The lowest BCUT2D eigenvalue weighted by Crippen LogP contribution is -2.46. The molecule has 0 aromatic carbocycles. The summed E-state index contributed by atoms with van der Waals surface area (Å²) in [5, 5.41) is 11.2. The molecule has 1 aliphatic carbocycles. The van der Waals surface area contributed by atoms with Crippen LogP contribution in [0.5, 0.6) is 0 Å². The zero-order valence-electron chi connectivity index (χ0n) is 9.98. The predicted octanol–water partition coefficient (Wildman–Crippen LogP) is 2.44. The van der Waals surface area contributed by atoms with Crippen LogP contribution >= 0.6 is 11.3 Å². The third kappa shape index (κ3) is 2.34. The van der Waals surface area contributed by atoms with Crippen molar-refractivity contribution in [2.75, 3.05) is 13.6 Å². The van der Waals surface area contributed by atoms with Crippen molar-refractivity contribution in [2.45, 2.75) is 25.7 Å². The molecule has 1 fully saturated rings. The van der Waals surface area contributed by atoms with Crippen LogP contribution in [0.2, 0.25) is 0 Å². The second-order valence-electron chi connectivity index (χ2n) is 4.60. The van der Waals surface area contributed by atoms with Gasteiger partial charge in [0.15, 0.2) is 0 Å². The van der Waals surface area contributed by atoms with Crippen LogP contribution in [0.1, 0.15) is 24.1 Å². The van der Waals surface area contributed by atoms with E-state index in [1.54, 1.807) is 23.3 Å². The SMILES string of the molecule is CN(CCc1cccs1)C(=O)C1(C#N)CCC1. The highest BCUT2D eigenvalue weighted by Gasteiger charge is 2.45. The minimum Gasteiger partial charge on any atom is -0.344 e. The molecule has 90 valence electrons. The van der Waals surface area contributed by atoms with Crippen molar-refractivity contribution >= 4 is 17.2 Å². The summed E-state index contributed by atoms with van der Waals surface area (Å²) in [6.07, 6.45) is 3.33. The molecule has 0 radical (unpaired) electrons. The molecule has 0 N–H and O–H groups in total. The average molecular weight is 248 g/mol. The minimum atomic E-state index is -0.704. The highest BCUT2D eigenvalue weighted by Crippen LogP contribution is 2.41. The lowest BCUT2D eigenvalue weighted by atomic mass is 9.69. The average Bonchev–Trinajstić information content (AvgIpc) is 2.77. The van der Waals surface area contributed by atoms with Gasteiger partial charge in [-0.05, 0) is 37.1 Å². The molecular weight excluding hydrogens is 232 g/mol. The fraction of sp³-hybridized carbons (Fsp3) is 0.538. The summed E-state index contributed by atoms with van der Waals surface area (Å²) in [6.45, 7) is 0.697. The number of nitrogens with zero attached hydrogens (tertiary/aromatic N) is 2. The zero-order chi connectivity index (χ0) is 12.3. The third-order valence-electron chi connectivity index (χ3n) is 3.45. The Morgan fingerprint density at radius 1 is 1.65 bits per heavy atom. The maximum Gasteiger partial charge on any atom is 0.242 e. The van der Waals surface area contributed by atoms with E-state index in [0.717, 1.165) is 25.7 Å². The van der Waals surface area contributed by atoms with E-state index in [0.29, 0.717) is 6.54 Å². The summed E-state index contributed by atoms with van der Waals surface area (Å²) in [7, 11) is 1.80. The van der Waals surface area contributed by atoms with Gasteiger partial charge < -0.3 is 4.90 Å². The number of amides is 1. The molecule has 17 heavy (non-hydrogen) atoms. The zero-order valence-corrected chi connectivity index (χ0v) is 10.8. The van der Waals surface area contributed by atoms with E-state index in [1.165, 1.54) is 4.88 Å². The molecule has 0 spiro atoms. The van der Waals surface area contributed by atoms with E-state index in [1.807, 2.05) is 11.4 Å². The second-order valence-corrected chi connectivity index (χ2v) is 5.64. The van der Waals surface area contributed by atoms with Gasteiger partial charge in [-0.3, -0.25) is 4.79 Å². The van der Waals surface area contributed by atoms with Crippen LogP contribution < -0.4 is 0 Å². The Labute approximate surface area is 106 Å².